The number of nitrogens with zero attached hydrogens (tertiary/aromatic N) is 5. The number of hydrogen-bond donors (Lipinski definition) is 0. The summed E-state index contributed by atoms with van der Waals surface area (Å²) in [6.07, 6.45) is 3.75. The van der Waals surface area contributed by atoms with E-state index in [9.17, 15) is 0 Å². The minimum absolute atomic E-state index is 0.0363. The van der Waals surface area contributed by atoms with Crippen molar-refractivity contribution >= 4 is 5.65 Å². The molecule has 1 fully saturated rings. The van der Waals surface area contributed by atoms with Gasteiger partial charge in [-0.3, -0.25) is 0 Å². The molecular formula is C31H39N5O3. The summed E-state index contributed by atoms with van der Waals surface area (Å²) in [4.78, 5) is 6.70. The molecule has 0 aliphatic carbocycles. The van der Waals surface area contributed by atoms with E-state index in [1.54, 1.807) is 0 Å². The van der Waals surface area contributed by atoms with Crippen LogP contribution in [0.15, 0.2) is 73.1 Å². The van der Waals surface area contributed by atoms with Gasteiger partial charge in [-0.15, -0.1) is 14.8 Å². The largest absolute Gasteiger partial charge is 0.474 e. The van der Waals surface area contributed by atoms with E-state index in [0.717, 1.165) is 38.0 Å². The van der Waals surface area contributed by atoms with Gasteiger partial charge in [0.1, 0.15) is 19.0 Å². The molecule has 1 aliphatic heterocycles. The summed E-state index contributed by atoms with van der Waals surface area (Å²) in [5.41, 5.74) is 4.01. The molecule has 39 heavy (non-hydrogen) atoms. The zero-order valence-corrected chi connectivity index (χ0v) is 23.2. The first-order valence-electron chi connectivity index (χ1n) is 13.9. The maximum Gasteiger partial charge on any atom is 0.237 e. The SMILES string of the molecule is CC(C)(C)c1cc2ncnn2nc1OCCOCCN1CCC(OC(c2ccccc2)c2ccccc2)CC1. The van der Waals surface area contributed by atoms with Crippen molar-refractivity contribution in [1.29, 1.82) is 0 Å². The zero-order valence-electron chi connectivity index (χ0n) is 23.2. The van der Waals surface area contributed by atoms with Crippen LogP contribution in [0.3, 0.4) is 0 Å². The fourth-order valence-electron chi connectivity index (χ4n) is 4.95. The van der Waals surface area contributed by atoms with Crippen molar-refractivity contribution in [2.75, 3.05) is 39.5 Å². The van der Waals surface area contributed by atoms with Crippen molar-refractivity contribution in [3.8, 4) is 5.88 Å². The smallest absolute Gasteiger partial charge is 0.237 e. The lowest BCUT2D eigenvalue weighted by molar-refractivity contribution is -0.0308. The van der Waals surface area contributed by atoms with Crippen LogP contribution >= 0.6 is 0 Å². The summed E-state index contributed by atoms with van der Waals surface area (Å²) in [5, 5.41) is 8.64. The van der Waals surface area contributed by atoms with Gasteiger partial charge in [0.15, 0.2) is 5.65 Å². The molecule has 0 radical (unpaired) electrons. The highest BCUT2D eigenvalue weighted by Gasteiger charge is 2.25. The number of ether oxygens (including phenoxy) is 3. The van der Waals surface area contributed by atoms with E-state index in [2.05, 4.69) is 102 Å². The van der Waals surface area contributed by atoms with Crippen LogP contribution in [-0.4, -0.2) is 70.3 Å². The molecule has 0 atom stereocenters. The molecule has 1 saturated heterocycles. The second kappa shape index (κ2) is 12.7. The Morgan fingerprint density at radius 1 is 0.897 bits per heavy atom. The summed E-state index contributed by atoms with van der Waals surface area (Å²) < 4.78 is 20.1. The van der Waals surface area contributed by atoms with Gasteiger partial charge < -0.3 is 19.1 Å². The predicted molar refractivity (Wildman–Crippen MR) is 151 cm³/mol. The molecule has 2 aromatic carbocycles. The standard InChI is InChI=1S/C31H39N5O3/c1-31(2,3)27-22-28-32-23-33-36(28)34-30(27)38-21-20-37-19-18-35-16-14-26(15-17-35)39-29(24-10-6-4-7-11-24)25-12-8-5-9-13-25/h4-13,22-23,26,29H,14-21H2,1-3H3. The highest BCUT2D eigenvalue weighted by Crippen LogP contribution is 2.31. The summed E-state index contributed by atoms with van der Waals surface area (Å²) in [7, 11) is 0. The monoisotopic (exact) mass is 529 g/mol. The van der Waals surface area contributed by atoms with Crippen molar-refractivity contribution in [1.82, 2.24) is 24.7 Å². The minimum atomic E-state index is -0.116. The second-order valence-corrected chi connectivity index (χ2v) is 11.1. The molecule has 206 valence electrons. The number of aromatic nitrogens is 4. The van der Waals surface area contributed by atoms with Gasteiger partial charge >= 0.3 is 0 Å². The van der Waals surface area contributed by atoms with E-state index in [4.69, 9.17) is 14.2 Å². The molecular weight excluding hydrogens is 490 g/mol. The molecule has 0 bridgehead atoms. The number of piperidine rings is 1. The van der Waals surface area contributed by atoms with Crippen LogP contribution in [0.1, 0.15) is 56.4 Å². The molecule has 2 aromatic heterocycles. The number of benzene rings is 2. The fraction of sp³-hybridized carbons (Fsp3) is 0.452. The molecule has 8 nitrogen and oxygen atoms in total. The first-order valence-corrected chi connectivity index (χ1v) is 13.9. The molecule has 0 spiro atoms. The lowest BCUT2D eigenvalue weighted by atomic mass is 9.88. The molecule has 0 N–H and O–H groups in total. The topological polar surface area (TPSA) is 74.0 Å². The quantitative estimate of drug-likeness (QED) is 0.251. The lowest BCUT2D eigenvalue weighted by Gasteiger charge is -2.34. The Morgan fingerprint density at radius 2 is 1.56 bits per heavy atom. The molecule has 0 saturated carbocycles. The van der Waals surface area contributed by atoms with E-state index >= 15 is 0 Å². The van der Waals surface area contributed by atoms with Gasteiger partial charge in [-0.2, -0.15) is 0 Å². The van der Waals surface area contributed by atoms with Gasteiger partial charge in [0, 0.05) is 25.2 Å². The van der Waals surface area contributed by atoms with Crippen molar-refractivity contribution in [2.45, 2.75) is 51.2 Å². The van der Waals surface area contributed by atoms with Gasteiger partial charge in [0.05, 0.1) is 19.3 Å². The third-order valence-corrected chi connectivity index (χ3v) is 7.14. The Hall–Kier alpha value is -3.33. The highest BCUT2D eigenvalue weighted by atomic mass is 16.5. The molecule has 1 aliphatic rings. The zero-order chi connectivity index (χ0) is 27.1. The van der Waals surface area contributed by atoms with Gasteiger partial charge in [0.25, 0.3) is 0 Å². The molecule has 0 unspecified atom stereocenters. The number of rotatable bonds is 11. The van der Waals surface area contributed by atoms with Gasteiger partial charge in [-0.05, 0) is 35.4 Å². The number of hydrogen-bond acceptors (Lipinski definition) is 7. The third-order valence-electron chi connectivity index (χ3n) is 7.14. The summed E-state index contributed by atoms with van der Waals surface area (Å²) in [6, 6.07) is 23.0. The predicted octanol–water partition coefficient (Wildman–Crippen LogP) is 5.09. The average molecular weight is 530 g/mol. The third kappa shape index (κ3) is 7.20. The van der Waals surface area contributed by atoms with E-state index in [-0.39, 0.29) is 17.6 Å². The van der Waals surface area contributed by atoms with Crippen molar-refractivity contribution in [2.24, 2.45) is 0 Å². The van der Waals surface area contributed by atoms with Crippen LogP contribution in [0.4, 0.5) is 0 Å². The first kappa shape index (κ1) is 27.2. The average Bonchev–Trinajstić information content (AvgIpc) is 3.42. The van der Waals surface area contributed by atoms with Gasteiger partial charge in [0.2, 0.25) is 5.88 Å². The van der Waals surface area contributed by atoms with E-state index < -0.39 is 0 Å². The Balaban J connectivity index is 1.04. The van der Waals surface area contributed by atoms with Gasteiger partial charge in [-0.25, -0.2) is 4.98 Å². The molecule has 8 heteroatoms. The fourth-order valence-corrected chi connectivity index (χ4v) is 4.95. The van der Waals surface area contributed by atoms with Crippen LogP contribution in [0.25, 0.3) is 5.65 Å². The Bertz CT molecular complexity index is 1260. The van der Waals surface area contributed by atoms with Crippen LogP contribution in [0.5, 0.6) is 5.88 Å². The van der Waals surface area contributed by atoms with Crippen LogP contribution < -0.4 is 4.74 Å². The Labute approximate surface area is 230 Å². The first-order chi connectivity index (χ1) is 19.0. The number of fused-ring (bicyclic) bond motifs is 1. The van der Waals surface area contributed by atoms with Gasteiger partial charge in [-0.1, -0.05) is 81.4 Å². The lowest BCUT2D eigenvalue weighted by Crippen LogP contribution is -2.39. The van der Waals surface area contributed by atoms with Crippen LogP contribution in [0.2, 0.25) is 0 Å². The Morgan fingerprint density at radius 3 is 2.21 bits per heavy atom. The van der Waals surface area contributed by atoms with Crippen molar-refractivity contribution in [3.05, 3.63) is 89.7 Å². The normalized spacial score (nSPS) is 15.3. The minimum Gasteiger partial charge on any atom is -0.474 e. The summed E-state index contributed by atoms with van der Waals surface area (Å²) in [5.74, 6) is 0.579. The maximum absolute atomic E-state index is 6.68. The van der Waals surface area contributed by atoms with Crippen LogP contribution in [0, 0.1) is 0 Å². The molecule has 5 rings (SSSR count). The van der Waals surface area contributed by atoms with E-state index in [1.165, 1.54) is 22.1 Å². The second-order valence-electron chi connectivity index (χ2n) is 11.1. The Kier molecular flexibility index (Phi) is 8.86. The summed E-state index contributed by atoms with van der Waals surface area (Å²) in [6.45, 7) is 11.0. The van der Waals surface area contributed by atoms with Crippen molar-refractivity contribution in [3.63, 3.8) is 0 Å². The summed E-state index contributed by atoms with van der Waals surface area (Å²) >= 11 is 0. The van der Waals surface area contributed by atoms with E-state index in [1.807, 2.05) is 6.07 Å². The van der Waals surface area contributed by atoms with Crippen LogP contribution in [-0.2, 0) is 14.9 Å². The molecule has 3 heterocycles. The maximum atomic E-state index is 6.68. The number of likely N-dealkylation sites (tertiary alicyclic amines) is 1. The van der Waals surface area contributed by atoms with Crippen molar-refractivity contribution < 1.29 is 14.2 Å². The van der Waals surface area contributed by atoms with E-state index in [0.29, 0.717) is 31.3 Å². The molecule has 0 amide bonds. The highest BCUT2D eigenvalue weighted by molar-refractivity contribution is 5.45. The molecule has 4 aromatic rings.